The minimum Gasteiger partial charge on any atom is -0.508 e. The second-order valence-electron chi connectivity index (χ2n) is 5.42. The number of benzene rings is 1. The molecule has 0 bridgehead atoms. The lowest BCUT2D eigenvalue weighted by atomic mass is 10.2. The Labute approximate surface area is 119 Å². The van der Waals surface area contributed by atoms with Crippen LogP contribution in [0.5, 0.6) is 5.75 Å². The third-order valence-corrected chi connectivity index (χ3v) is 5.81. The van der Waals surface area contributed by atoms with E-state index < -0.39 is 9.84 Å². The van der Waals surface area contributed by atoms with Crippen LogP contribution >= 0.6 is 0 Å². The van der Waals surface area contributed by atoms with E-state index in [0.29, 0.717) is 21.9 Å². The highest BCUT2D eigenvalue weighted by Crippen LogP contribution is 2.35. The zero-order valence-electron chi connectivity index (χ0n) is 11.4. The number of fused-ring (bicyclic) bond motifs is 1. The van der Waals surface area contributed by atoms with Gasteiger partial charge in [0, 0.05) is 32.7 Å². The van der Waals surface area contributed by atoms with E-state index in [1.54, 1.807) is 6.08 Å². The molecule has 0 aromatic heterocycles. The second kappa shape index (κ2) is 4.87. The molecule has 20 heavy (non-hydrogen) atoms. The number of sulfone groups is 1. The summed E-state index contributed by atoms with van der Waals surface area (Å²) in [5, 5.41) is 9.46. The maximum absolute atomic E-state index is 12.4. The van der Waals surface area contributed by atoms with Gasteiger partial charge in [-0.25, -0.2) is 8.42 Å². The van der Waals surface area contributed by atoms with E-state index in [4.69, 9.17) is 0 Å². The van der Waals surface area contributed by atoms with Crippen molar-refractivity contribution in [2.45, 2.75) is 4.90 Å². The van der Waals surface area contributed by atoms with E-state index >= 15 is 0 Å². The van der Waals surface area contributed by atoms with E-state index in [9.17, 15) is 13.5 Å². The van der Waals surface area contributed by atoms with Crippen LogP contribution in [-0.4, -0.2) is 63.1 Å². The van der Waals surface area contributed by atoms with Gasteiger partial charge in [0.15, 0.2) is 0 Å². The van der Waals surface area contributed by atoms with Crippen molar-refractivity contribution < 1.29 is 13.5 Å². The summed E-state index contributed by atoms with van der Waals surface area (Å²) in [7, 11) is -1.31. The fourth-order valence-electron chi connectivity index (χ4n) is 2.64. The van der Waals surface area contributed by atoms with Gasteiger partial charge in [0.1, 0.15) is 5.75 Å². The average molecular weight is 294 g/mol. The summed E-state index contributed by atoms with van der Waals surface area (Å²) in [6.07, 6.45) is 1.68. The molecule has 0 radical (unpaired) electrons. The Kier molecular flexibility index (Phi) is 3.32. The zero-order valence-corrected chi connectivity index (χ0v) is 12.2. The summed E-state index contributed by atoms with van der Waals surface area (Å²) in [5.41, 5.74) is 0.592. The molecule has 0 spiro atoms. The average Bonchev–Trinajstić information content (AvgIpc) is 2.63. The van der Waals surface area contributed by atoms with Crippen molar-refractivity contribution in [2.24, 2.45) is 0 Å². The fraction of sp³-hybridized carbons (Fsp3) is 0.429. The highest BCUT2D eigenvalue weighted by molar-refractivity contribution is 7.95. The lowest BCUT2D eigenvalue weighted by Gasteiger charge is -2.32. The van der Waals surface area contributed by atoms with Crippen LogP contribution in [0.3, 0.4) is 0 Å². The quantitative estimate of drug-likeness (QED) is 0.873. The monoisotopic (exact) mass is 294 g/mol. The number of hydrogen-bond acceptors (Lipinski definition) is 5. The Morgan fingerprint density at radius 3 is 2.60 bits per heavy atom. The van der Waals surface area contributed by atoms with Gasteiger partial charge >= 0.3 is 0 Å². The molecule has 0 unspecified atom stereocenters. The topological polar surface area (TPSA) is 60.9 Å². The maximum atomic E-state index is 12.4. The minimum absolute atomic E-state index is 0.0936. The van der Waals surface area contributed by atoms with Gasteiger partial charge in [-0.2, -0.15) is 0 Å². The first-order chi connectivity index (χ1) is 9.46. The van der Waals surface area contributed by atoms with Gasteiger partial charge in [-0.1, -0.05) is 0 Å². The number of aromatic hydroxyl groups is 1. The summed E-state index contributed by atoms with van der Waals surface area (Å²) in [5.74, 6) is 0.0936. The van der Waals surface area contributed by atoms with E-state index in [2.05, 4.69) is 16.8 Å². The van der Waals surface area contributed by atoms with Crippen LogP contribution in [0.4, 0.5) is 0 Å². The molecule has 1 aromatic carbocycles. The first-order valence-electron chi connectivity index (χ1n) is 6.66. The van der Waals surface area contributed by atoms with Crippen LogP contribution in [0.2, 0.25) is 0 Å². The third-order valence-electron chi connectivity index (χ3n) is 3.92. The van der Waals surface area contributed by atoms with Crippen molar-refractivity contribution in [3.8, 4) is 5.75 Å². The number of phenolic OH excluding ortho intramolecular Hbond substituents is 1. The largest absolute Gasteiger partial charge is 0.508 e. The van der Waals surface area contributed by atoms with Gasteiger partial charge < -0.3 is 10.0 Å². The van der Waals surface area contributed by atoms with Gasteiger partial charge in [0.2, 0.25) is 9.84 Å². The molecular weight excluding hydrogens is 276 g/mol. The minimum atomic E-state index is -3.38. The van der Waals surface area contributed by atoms with Gasteiger partial charge in [0.05, 0.1) is 9.80 Å². The lowest BCUT2D eigenvalue weighted by Crippen LogP contribution is -2.45. The summed E-state index contributed by atoms with van der Waals surface area (Å²) >= 11 is 0. The smallest absolute Gasteiger partial charge is 0.204 e. The molecule has 2 aliphatic heterocycles. The predicted octanol–water partition coefficient (Wildman–Crippen LogP) is 0.768. The number of phenols is 1. The van der Waals surface area contributed by atoms with Crippen LogP contribution in [0, 0.1) is 0 Å². The number of rotatable bonds is 2. The highest BCUT2D eigenvalue weighted by atomic mass is 32.2. The summed E-state index contributed by atoms with van der Waals surface area (Å²) in [4.78, 5) is 5.14. The molecule has 2 heterocycles. The molecular formula is C14H18N2O3S. The maximum Gasteiger partial charge on any atom is 0.204 e. The van der Waals surface area contributed by atoms with Gasteiger partial charge in [0.25, 0.3) is 0 Å². The van der Waals surface area contributed by atoms with Crippen molar-refractivity contribution in [3.05, 3.63) is 28.7 Å². The van der Waals surface area contributed by atoms with Crippen LogP contribution in [0.25, 0.3) is 6.08 Å². The van der Waals surface area contributed by atoms with E-state index in [-0.39, 0.29) is 5.75 Å². The number of likely N-dealkylation sites (N-methyl/N-ethyl adjacent to an activating group) is 1. The van der Waals surface area contributed by atoms with Gasteiger partial charge in [-0.15, -0.1) is 0 Å². The van der Waals surface area contributed by atoms with Crippen molar-refractivity contribution in [1.29, 1.82) is 0 Å². The van der Waals surface area contributed by atoms with Crippen LogP contribution in [0.1, 0.15) is 5.56 Å². The molecule has 1 aromatic rings. The van der Waals surface area contributed by atoms with E-state index in [1.807, 2.05) is 0 Å². The van der Waals surface area contributed by atoms with E-state index in [1.165, 1.54) is 18.2 Å². The van der Waals surface area contributed by atoms with Crippen molar-refractivity contribution in [2.75, 3.05) is 39.8 Å². The summed E-state index contributed by atoms with van der Waals surface area (Å²) in [6.45, 7) is 4.13. The fourth-order valence-corrected chi connectivity index (χ4v) is 4.24. The third kappa shape index (κ3) is 2.34. The normalized spacial score (nSPS) is 22.6. The second-order valence-corrected chi connectivity index (χ2v) is 7.39. The Balaban J connectivity index is 1.83. The van der Waals surface area contributed by atoms with Crippen LogP contribution in [-0.2, 0) is 9.84 Å². The summed E-state index contributed by atoms with van der Waals surface area (Å²) < 4.78 is 24.9. The van der Waals surface area contributed by atoms with Crippen molar-refractivity contribution in [3.63, 3.8) is 0 Å². The highest BCUT2D eigenvalue weighted by Gasteiger charge is 2.31. The SMILES string of the molecule is CN1CCN(CC2=Cc3cc(O)ccc3S2(=O)=O)CC1. The Bertz CT molecular complexity index is 659. The number of nitrogens with zero attached hydrogens (tertiary/aromatic N) is 2. The lowest BCUT2D eigenvalue weighted by molar-refractivity contribution is 0.166. The molecule has 108 valence electrons. The molecule has 0 saturated carbocycles. The van der Waals surface area contributed by atoms with Crippen LogP contribution in [0.15, 0.2) is 28.0 Å². The standard InChI is InChI=1S/C14H18N2O3S/c1-15-4-6-16(7-5-15)10-13-9-11-8-12(17)2-3-14(11)20(13,18)19/h2-3,8-9,17H,4-7,10H2,1H3. The first kappa shape index (κ1) is 13.6. The molecule has 1 N–H and O–H groups in total. The molecule has 1 saturated heterocycles. The zero-order chi connectivity index (χ0) is 14.3. The molecule has 3 rings (SSSR count). The molecule has 0 amide bonds. The molecule has 5 nitrogen and oxygen atoms in total. The molecule has 0 aliphatic carbocycles. The molecule has 2 aliphatic rings. The van der Waals surface area contributed by atoms with E-state index in [0.717, 1.165) is 26.2 Å². The summed E-state index contributed by atoms with van der Waals surface area (Å²) in [6, 6.07) is 4.40. The molecule has 0 atom stereocenters. The van der Waals surface area contributed by atoms with Crippen molar-refractivity contribution in [1.82, 2.24) is 9.80 Å². The number of hydrogen-bond donors (Lipinski definition) is 1. The van der Waals surface area contributed by atoms with Crippen molar-refractivity contribution >= 4 is 15.9 Å². The first-order valence-corrected chi connectivity index (χ1v) is 8.15. The Hall–Kier alpha value is -1.37. The predicted molar refractivity (Wildman–Crippen MR) is 77.2 cm³/mol. The van der Waals surface area contributed by atoms with Gasteiger partial charge in [-0.3, -0.25) is 4.90 Å². The van der Waals surface area contributed by atoms with Crippen LogP contribution < -0.4 is 0 Å². The molecule has 1 fully saturated rings. The Morgan fingerprint density at radius 1 is 1.20 bits per heavy atom. The van der Waals surface area contributed by atoms with Gasteiger partial charge in [-0.05, 0) is 36.9 Å². The Morgan fingerprint density at radius 2 is 1.90 bits per heavy atom. The molecule has 6 heteroatoms. The number of piperazine rings is 1.